The van der Waals surface area contributed by atoms with Crippen molar-refractivity contribution in [3.8, 4) is 0 Å². The van der Waals surface area contributed by atoms with Gasteiger partial charge in [-0.05, 0) is 26.0 Å². The van der Waals surface area contributed by atoms with Gasteiger partial charge in [-0.15, -0.1) is 0 Å². The highest BCUT2D eigenvalue weighted by atomic mass is 16.5. The van der Waals surface area contributed by atoms with Crippen molar-refractivity contribution in [2.24, 2.45) is 0 Å². The van der Waals surface area contributed by atoms with Gasteiger partial charge in [0.15, 0.2) is 12.3 Å². The molecule has 106 valence electrons. The van der Waals surface area contributed by atoms with Crippen LogP contribution in [0.25, 0.3) is 0 Å². The van der Waals surface area contributed by atoms with Gasteiger partial charge in [0.05, 0.1) is 6.61 Å². The van der Waals surface area contributed by atoms with Crippen LogP contribution >= 0.6 is 0 Å². The molecule has 1 heterocycles. The summed E-state index contributed by atoms with van der Waals surface area (Å²) in [4.78, 5) is 23.4. The number of hydrogen-bond acceptors (Lipinski definition) is 3. The molecule has 1 fully saturated rings. The highest BCUT2D eigenvalue weighted by molar-refractivity contribution is 5.99. The fraction of sp³-hybridized carbons (Fsp3) is 0.333. The minimum absolute atomic E-state index is 0.225. The SMILES string of the molecule is CC(C)=CCOC1NC(=O)C1NC(=O)c1ccccc1. The molecule has 1 aliphatic rings. The predicted octanol–water partition coefficient (Wildman–Crippen LogP) is 1.22. The molecule has 5 heteroatoms. The van der Waals surface area contributed by atoms with Crippen LogP contribution in [0, 0.1) is 0 Å². The predicted molar refractivity (Wildman–Crippen MR) is 75.0 cm³/mol. The van der Waals surface area contributed by atoms with Crippen molar-refractivity contribution in [1.82, 2.24) is 10.6 Å². The summed E-state index contributed by atoms with van der Waals surface area (Å²) in [5, 5.41) is 5.29. The molecular weight excluding hydrogens is 256 g/mol. The van der Waals surface area contributed by atoms with Crippen LogP contribution in [0.1, 0.15) is 24.2 Å². The molecule has 0 aromatic heterocycles. The van der Waals surface area contributed by atoms with Crippen LogP contribution in [-0.2, 0) is 9.53 Å². The lowest BCUT2D eigenvalue weighted by Crippen LogP contribution is -2.70. The summed E-state index contributed by atoms with van der Waals surface area (Å²) in [6.07, 6.45) is 1.45. The van der Waals surface area contributed by atoms with E-state index in [4.69, 9.17) is 4.74 Å². The zero-order chi connectivity index (χ0) is 14.5. The average molecular weight is 274 g/mol. The van der Waals surface area contributed by atoms with E-state index in [0.29, 0.717) is 12.2 Å². The molecule has 2 N–H and O–H groups in total. The van der Waals surface area contributed by atoms with Crippen LogP contribution in [0.15, 0.2) is 42.0 Å². The van der Waals surface area contributed by atoms with Crippen molar-refractivity contribution in [2.75, 3.05) is 6.61 Å². The van der Waals surface area contributed by atoms with Gasteiger partial charge in [0.2, 0.25) is 5.91 Å². The Bertz CT molecular complexity index is 521. The Balaban J connectivity index is 1.89. The van der Waals surface area contributed by atoms with E-state index in [1.165, 1.54) is 0 Å². The normalized spacial score (nSPS) is 20.6. The quantitative estimate of drug-likeness (QED) is 0.627. The standard InChI is InChI=1S/C15H18N2O3/c1-10(2)8-9-20-15-12(14(19)17-15)16-13(18)11-6-4-3-5-7-11/h3-8,12,15H,9H2,1-2H3,(H,16,18)(H,17,19). The lowest BCUT2D eigenvalue weighted by atomic mass is 10.1. The highest BCUT2D eigenvalue weighted by Crippen LogP contribution is 2.10. The van der Waals surface area contributed by atoms with Crippen molar-refractivity contribution < 1.29 is 14.3 Å². The third-order valence-electron chi connectivity index (χ3n) is 2.96. The molecule has 5 nitrogen and oxygen atoms in total. The fourth-order valence-corrected chi connectivity index (χ4v) is 1.77. The van der Waals surface area contributed by atoms with Crippen molar-refractivity contribution in [2.45, 2.75) is 26.1 Å². The molecule has 0 bridgehead atoms. The second-order valence-corrected chi connectivity index (χ2v) is 4.86. The summed E-state index contributed by atoms with van der Waals surface area (Å²) < 4.78 is 5.49. The first-order valence-electron chi connectivity index (χ1n) is 6.49. The summed E-state index contributed by atoms with van der Waals surface area (Å²) in [6, 6.07) is 8.15. The molecule has 0 saturated carbocycles. The summed E-state index contributed by atoms with van der Waals surface area (Å²) >= 11 is 0. The van der Waals surface area contributed by atoms with Crippen LogP contribution in [-0.4, -0.2) is 30.7 Å². The van der Waals surface area contributed by atoms with E-state index in [1.807, 2.05) is 26.0 Å². The van der Waals surface area contributed by atoms with Gasteiger partial charge in [0.1, 0.15) is 0 Å². The van der Waals surface area contributed by atoms with Crippen LogP contribution in [0.4, 0.5) is 0 Å². The number of β-lactam (4-membered cyclic amide) rings is 1. The maximum Gasteiger partial charge on any atom is 0.252 e. The van der Waals surface area contributed by atoms with Gasteiger partial charge < -0.3 is 15.4 Å². The zero-order valence-electron chi connectivity index (χ0n) is 11.6. The summed E-state index contributed by atoms with van der Waals surface area (Å²) in [5.41, 5.74) is 1.66. The van der Waals surface area contributed by atoms with E-state index in [2.05, 4.69) is 10.6 Å². The van der Waals surface area contributed by atoms with Crippen LogP contribution in [0.2, 0.25) is 0 Å². The zero-order valence-corrected chi connectivity index (χ0v) is 11.6. The maximum absolute atomic E-state index is 12.0. The minimum Gasteiger partial charge on any atom is -0.352 e. The van der Waals surface area contributed by atoms with Gasteiger partial charge in [-0.1, -0.05) is 29.8 Å². The van der Waals surface area contributed by atoms with E-state index >= 15 is 0 Å². The first-order chi connectivity index (χ1) is 9.58. The minimum atomic E-state index is -0.631. The summed E-state index contributed by atoms with van der Waals surface area (Å²) in [5.74, 6) is -0.502. The van der Waals surface area contributed by atoms with Crippen molar-refractivity contribution in [1.29, 1.82) is 0 Å². The number of rotatable bonds is 5. The third kappa shape index (κ3) is 3.45. The van der Waals surface area contributed by atoms with E-state index in [1.54, 1.807) is 24.3 Å². The van der Waals surface area contributed by atoms with Gasteiger partial charge in [-0.2, -0.15) is 0 Å². The number of ether oxygens (including phenoxy) is 1. The lowest BCUT2D eigenvalue weighted by Gasteiger charge is -2.36. The van der Waals surface area contributed by atoms with E-state index in [-0.39, 0.29) is 11.8 Å². The molecular formula is C15H18N2O3. The second-order valence-electron chi connectivity index (χ2n) is 4.86. The Labute approximate surface area is 118 Å². The molecule has 1 aromatic carbocycles. The Morgan fingerprint density at radius 3 is 2.65 bits per heavy atom. The van der Waals surface area contributed by atoms with Gasteiger partial charge in [0, 0.05) is 5.56 Å². The molecule has 2 amide bonds. The Hall–Kier alpha value is -2.14. The van der Waals surface area contributed by atoms with Crippen LogP contribution < -0.4 is 10.6 Å². The number of nitrogens with one attached hydrogen (secondary N) is 2. The second kappa shape index (κ2) is 6.34. The van der Waals surface area contributed by atoms with Crippen molar-refractivity contribution in [3.05, 3.63) is 47.5 Å². The molecule has 2 unspecified atom stereocenters. The van der Waals surface area contributed by atoms with Crippen LogP contribution in [0.3, 0.4) is 0 Å². The van der Waals surface area contributed by atoms with Crippen LogP contribution in [0.5, 0.6) is 0 Å². The molecule has 0 radical (unpaired) electrons. The molecule has 2 rings (SSSR count). The first kappa shape index (κ1) is 14.3. The Morgan fingerprint density at radius 2 is 2.05 bits per heavy atom. The van der Waals surface area contributed by atoms with Gasteiger partial charge in [-0.25, -0.2) is 0 Å². The molecule has 0 aliphatic carbocycles. The van der Waals surface area contributed by atoms with Crippen molar-refractivity contribution in [3.63, 3.8) is 0 Å². The van der Waals surface area contributed by atoms with E-state index in [0.717, 1.165) is 5.57 Å². The summed E-state index contributed by atoms with van der Waals surface area (Å²) in [7, 11) is 0. The van der Waals surface area contributed by atoms with Gasteiger partial charge in [0.25, 0.3) is 5.91 Å². The fourth-order valence-electron chi connectivity index (χ4n) is 1.77. The molecule has 2 atom stereocenters. The number of amides is 2. The van der Waals surface area contributed by atoms with E-state index in [9.17, 15) is 9.59 Å². The largest absolute Gasteiger partial charge is 0.352 e. The number of carbonyl (C=O) groups is 2. The lowest BCUT2D eigenvalue weighted by molar-refractivity contribution is -0.145. The number of benzene rings is 1. The molecule has 20 heavy (non-hydrogen) atoms. The Morgan fingerprint density at radius 1 is 1.35 bits per heavy atom. The smallest absolute Gasteiger partial charge is 0.252 e. The van der Waals surface area contributed by atoms with Gasteiger partial charge in [-0.3, -0.25) is 9.59 Å². The van der Waals surface area contributed by atoms with Gasteiger partial charge >= 0.3 is 0 Å². The van der Waals surface area contributed by atoms with Crippen molar-refractivity contribution >= 4 is 11.8 Å². The molecule has 0 spiro atoms. The molecule has 1 aromatic rings. The molecule has 1 saturated heterocycles. The highest BCUT2D eigenvalue weighted by Gasteiger charge is 2.41. The first-order valence-corrected chi connectivity index (χ1v) is 6.49. The Kier molecular flexibility index (Phi) is 4.53. The van der Waals surface area contributed by atoms with E-state index < -0.39 is 12.3 Å². The monoisotopic (exact) mass is 274 g/mol. The number of carbonyl (C=O) groups excluding carboxylic acids is 2. The summed E-state index contributed by atoms with van der Waals surface area (Å²) in [6.45, 7) is 4.35. The number of hydrogen-bond donors (Lipinski definition) is 2. The number of allylic oxidation sites excluding steroid dienone is 1. The topological polar surface area (TPSA) is 67.4 Å². The molecule has 1 aliphatic heterocycles. The average Bonchev–Trinajstić information content (AvgIpc) is 2.44. The third-order valence-corrected chi connectivity index (χ3v) is 2.96. The maximum atomic E-state index is 12.0.